The lowest BCUT2D eigenvalue weighted by molar-refractivity contribution is 0.231. The Morgan fingerprint density at radius 3 is 2.77 bits per heavy atom. The van der Waals surface area contributed by atoms with E-state index in [1.165, 1.54) is 43.4 Å². The Bertz CT molecular complexity index is 1250. The molecule has 30 heavy (non-hydrogen) atoms. The van der Waals surface area contributed by atoms with Crippen LogP contribution in [-0.4, -0.2) is 39.1 Å². The summed E-state index contributed by atoms with van der Waals surface area (Å²) in [6, 6.07) is 10.6. The van der Waals surface area contributed by atoms with Gasteiger partial charge in [0.2, 0.25) is 0 Å². The number of nitrogens with one attached hydrogen (secondary N) is 1. The Hall–Kier alpha value is -2.44. The summed E-state index contributed by atoms with van der Waals surface area (Å²) in [5, 5.41) is 2.75. The Kier molecular flexibility index (Phi) is 5.44. The predicted octanol–water partition coefficient (Wildman–Crippen LogP) is 4.72. The van der Waals surface area contributed by atoms with E-state index in [0.717, 1.165) is 33.9 Å². The van der Waals surface area contributed by atoms with E-state index in [1.54, 1.807) is 17.0 Å². The zero-order valence-corrected chi connectivity index (χ0v) is 18.5. The lowest BCUT2D eigenvalue weighted by atomic mass is 10.1. The fraction of sp³-hybridized carbons (Fsp3) is 0.333. The van der Waals surface area contributed by atoms with Crippen LogP contribution in [0.3, 0.4) is 0 Å². The highest BCUT2D eigenvalue weighted by molar-refractivity contribution is 9.10. The minimum absolute atomic E-state index is 0.0184. The first-order chi connectivity index (χ1) is 14.7. The minimum Gasteiger partial charge on any atom is -0.358 e. The van der Waals surface area contributed by atoms with Crippen LogP contribution in [0.15, 0.2) is 58.2 Å². The van der Waals surface area contributed by atoms with Gasteiger partial charge in [0.05, 0.1) is 11.9 Å². The van der Waals surface area contributed by atoms with E-state index in [-0.39, 0.29) is 5.56 Å². The topological polar surface area (TPSA) is 53.9 Å². The van der Waals surface area contributed by atoms with Gasteiger partial charge in [-0.05, 0) is 71.0 Å². The first-order valence-corrected chi connectivity index (χ1v) is 11.4. The summed E-state index contributed by atoms with van der Waals surface area (Å²) in [6.45, 7) is 4.13. The van der Waals surface area contributed by atoms with Crippen LogP contribution < -0.4 is 5.56 Å². The lowest BCUT2D eigenvalue weighted by Crippen LogP contribution is -2.31. The van der Waals surface area contributed by atoms with Crippen LogP contribution in [0, 0.1) is 0 Å². The molecule has 4 aromatic rings. The van der Waals surface area contributed by atoms with E-state index in [2.05, 4.69) is 55.1 Å². The maximum Gasteiger partial charge on any atom is 0.260 e. The van der Waals surface area contributed by atoms with Crippen LogP contribution >= 0.6 is 15.9 Å². The quantitative estimate of drug-likeness (QED) is 0.464. The zero-order valence-electron chi connectivity index (χ0n) is 16.9. The number of hydrogen-bond donors (Lipinski definition) is 1. The molecule has 0 atom stereocenters. The SMILES string of the molecule is O=c1c2cncc(Br)c2ccn1Cc1ccc2cc(CCN3CCCCC3)[nH]c2c1. The normalized spacial score (nSPS) is 15.2. The van der Waals surface area contributed by atoms with Gasteiger partial charge in [0.25, 0.3) is 5.56 Å². The van der Waals surface area contributed by atoms with E-state index in [0.29, 0.717) is 11.9 Å². The first kappa shape index (κ1) is 19.5. The first-order valence-electron chi connectivity index (χ1n) is 10.6. The number of aromatic nitrogens is 3. The van der Waals surface area contributed by atoms with E-state index >= 15 is 0 Å². The summed E-state index contributed by atoms with van der Waals surface area (Å²) < 4.78 is 2.59. The molecule has 1 aliphatic rings. The Balaban J connectivity index is 1.36. The molecule has 0 spiro atoms. The number of piperidine rings is 1. The number of fused-ring (bicyclic) bond motifs is 2. The third-order valence-corrected chi connectivity index (χ3v) is 6.72. The van der Waals surface area contributed by atoms with Gasteiger partial charge in [0.1, 0.15) is 0 Å². The number of nitrogens with zero attached hydrogens (tertiary/aromatic N) is 3. The number of halogens is 1. The monoisotopic (exact) mass is 464 g/mol. The molecule has 1 aromatic carbocycles. The number of H-pyrrole nitrogens is 1. The van der Waals surface area contributed by atoms with Crippen molar-refractivity contribution >= 4 is 37.6 Å². The second-order valence-electron chi connectivity index (χ2n) is 8.20. The van der Waals surface area contributed by atoms with Crippen LogP contribution in [0.5, 0.6) is 0 Å². The van der Waals surface area contributed by atoms with Gasteiger partial charge >= 0.3 is 0 Å². The molecular weight excluding hydrogens is 440 g/mol. The van der Waals surface area contributed by atoms with Crippen molar-refractivity contribution in [3.63, 3.8) is 0 Å². The standard InChI is InChI=1S/C24H25BrN4O/c25-22-15-26-14-21-20(22)7-11-29(24(21)30)16-17-4-5-18-13-19(27-23(18)12-17)6-10-28-8-2-1-3-9-28/h4-5,7,11-15,27H,1-3,6,8-10,16H2. The van der Waals surface area contributed by atoms with E-state index in [1.807, 2.05) is 12.3 Å². The van der Waals surface area contributed by atoms with Crippen molar-refractivity contribution in [1.82, 2.24) is 19.4 Å². The number of benzene rings is 1. The van der Waals surface area contributed by atoms with Gasteiger partial charge in [-0.2, -0.15) is 0 Å². The van der Waals surface area contributed by atoms with E-state index in [9.17, 15) is 4.79 Å². The van der Waals surface area contributed by atoms with Crippen molar-refractivity contribution in [1.29, 1.82) is 0 Å². The fourth-order valence-electron chi connectivity index (χ4n) is 4.42. The number of hydrogen-bond acceptors (Lipinski definition) is 3. The minimum atomic E-state index is -0.0184. The Morgan fingerprint density at radius 1 is 1.03 bits per heavy atom. The Labute approximate surface area is 183 Å². The summed E-state index contributed by atoms with van der Waals surface area (Å²) in [6.07, 6.45) is 10.3. The average molecular weight is 465 g/mol. The van der Waals surface area contributed by atoms with E-state index in [4.69, 9.17) is 0 Å². The summed E-state index contributed by atoms with van der Waals surface area (Å²) in [5.41, 5.74) is 3.51. The van der Waals surface area contributed by atoms with Crippen molar-refractivity contribution in [2.75, 3.05) is 19.6 Å². The summed E-state index contributed by atoms with van der Waals surface area (Å²) in [7, 11) is 0. The number of likely N-dealkylation sites (tertiary alicyclic amines) is 1. The molecule has 0 saturated carbocycles. The molecule has 0 bridgehead atoms. The molecule has 4 heterocycles. The van der Waals surface area contributed by atoms with Gasteiger partial charge in [0, 0.05) is 52.6 Å². The molecule has 0 radical (unpaired) electrons. The molecule has 6 heteroatoms. The van der Waals surface area contributed by atoms with Crippen molar-refractivity contribution in [3.8, 4) is 0 Å². The zero-order chi connectivity index (χ0) is 20.5. The van der Waals surface area contributed by atoms with Crippen LogP contribution in [0.25, 0.3) is 21.7 Å². The van der Waals surface area contributed by atoms with Crippen molar-refractivity contribution in [2.24, 2.45) is 0 Å². The molecule has 0 unspecified atom stereocenters. The number of rotatable bonds is 5. The molecule has 1 fully saturated rings. The van der Waals surface area contributed by atoms with Gasteiger partial charge < -0.3 is 14.5 Å². The third kappa shape index (κ3) is 3.94. The van der Waals surface area contributed by atoms with Gasteiger partial charge in [-0.3, -0.25) is 9.78 Å². The molecule has 154 valence electrons. The molecule has 1 N–H and O–H groups in total. The van der Waals surface area contributed by atoms with Crippen LogP contribution in [-0.2, 0) is 13.0 Å². The number of aromatic amines is 1. The molecule has 1 saturated heterocycles. The molecular formula is C24H25BrN4O. The summed E-state index contributed by atoms with van der Waals surface area (Å²) >= 11 is 3.47. The highest BCUT2D eigenvalue weighted by atomic mass is 79.9. The number of pyridine rings is 2. The molecule has 5 rings (SSSR count). The second kappa shape index (κ2) is 8.36. The highest BCUT2D eigenvalue weighted by Crippen LogP contribution is 2.21. The molecule has 5 nitrogen and oxygen atoms in total. The Morgan fingerprint density at radius 2 is 1.90 bits per heavy atom. The van der Waals surface area contributed by atoms with Gasteiger partial charge in [-0.25, -0.2) is 0 Å². The van der Waals surface area contributed by atoms with Gasteiger partial charge in [-0.1, -0.05) is 18.6 Å². The van der Waals surface area contributed by atoms with Crippen LogP contribution in [0.4, 0.5) is 0 Å². The largest absolute Gasteiger partial charge is 0.358 e. The van der Waals surface area contributed by atoms with Crippen molar-refractivity contribution < 1.29 is 0 Å². The maximum absolute atomic E-state index is 12.9. The fourth-order valence-corrected chi connectivity index (χ4v) is 4.89. The average Bonchev–Trinajstić information content (AvgIpc) is 3.18. The molecule has 0 aliphatic carbocycles. The van der Waals surface area contributed by atoms with Gasteiger partial charge in [-0.15, -0.1) is 0 Å². The molecule has 0 amide bonds. The summed E-state index contributed by atoms with van der Waals surface area (Å²) in [5.74, 6) is 0. The van der Waals surface area contributed by atoms with Crippen LogP contribution in [0.2, 0.25) is 0 Å². The van der Waals surface area contributed by atoms with E-state index < -0.39 is 0 Å². The maximum atomic E-state index is 12.9. The smallest absolute Gasteiger partial charge is 0.260 e. The summed E-state index contributed by atoms with van der Waals surface area (Å²) in [4.78, 5) is 23.2. The van der Waals surface area contributed by atoms with Gasteiger partial charge in [0.15, 0.2) is 0 Å². The lowest BCUT2D eigenvalue weighted by Gasteiger charge is -2.25. The van der Waals surface area contributed by atoms with Crippen molar-refractivity contribution in [2.45, 2.75) is 32.2 Å². The second-order valence-corrected chi connectivity index (χ2v) is 9.05. The molecule has 1 aliphatic heterocycles. The van der Waals surface area contributed by atoms with Crippen LogP contribution in [0.1, 0.15) is 30.5 Å². The highest BCUT2D eigenvalue weighted by Gasteiger charge is 2.11. The predicted molar refractivity (Wildman–Crippen MR) is 125 cm³/mol. The third-order valence-electron chi connectivity index (χ3n) is 6.09. The van der Waals surface area contributed by atoms with Crippen molar-refractivity contribution in [3.05, 3.63) is 75.0 Å². The molecule has 3 aromatic heterocycles.